The second kappa shape index (κ2) is 9.43. The van der Waals surface area contributed by atoms with E-state index < -0.39 is 0 Å². The molecule has 3 aromatic rings. The van der Waals surface area contributed by atoms with E-state index in [0.29, 0.717) is 30.9 Å². The minimum Gasteiger partial charge on any atom is -0.508 e. The summed E-state index contributed by atoms with van der Waals surface area (Å²) in [4.78, 5) is 14.0. The molecule has 0 bridgehead atoms. The number of phenolic OH excluding ortho intramolecular Hbond substituents is 1. The molecule has 33 heavy (non-hydrogen) atoms. The molecular weight excluding hydrogens is 414 g/mol. The lowest BCUT2D eigenvalue weighted by atomic mass is 10.0. The fourth-order valence-electron chi connectivity index (χ4n) is 5.07. The second-order valence-corrected chi connectivity index (χ2v) is 9.29. The lowest BCUT2D eigenvalue weighted by molar-refractivity contribution is 0.225. The van der Waals surface area contributed by atoms with E-state index in [-0.39, 0.29) is 5.75 Å². The number of anilines is 2. The quantitative estimate of drug-likeness (QED) is 0.566. The number of nitrogens with two attached hydrogens (primary N) is 1. The molecule has 0 saturated carbocycles. The van der Waals surface area contributed by atoms with Crippen LogP contribution in [0.3, 0.4) is 0 Å². The summed E-state index contributed by atoms with van der Waals surface area (Å²) in [5, 5.41) is 12.4. The van der Waals surface area contributed by atoms with Crippen molar-refractivity contribution in [1.29, 1.82) is 0 Å². The molecule has 5 rings (SSSR count). The molecule has 1 unspecified atom stereocenters. The number of aromatic nitrogens is 2. The van der Waals surface area contributed by atoms with Crippen molar-refractivity contribution in [3.63, 3.8) is 0 Å². The third-order valence-electron chi connectivity index (χ3n) is 6.89. The molecule has 3 N–H and O–H groups in total. The molecule has 3 heterocycles. The predicted octanol–water partition coefficient (Wildman–Crippen LogP) is 3.98. The molecule has 7 nitrogen and oxygen atoms in total. The topological polar surface area (TPSA) is 87.7 Å². The van der Waals surface area contributed by atoms with Gasteiger partial charge in [-0.2, -0.15) is 9.97 Å². The summed E-state index contributed by atoms with van der Waals surface area (Å²) in [6, 6.07) is 12.1. The van der Waals surface area contributed by atoms with E-state index in [4.69, 9.17) is 15.5 Å². The van der Waals surface area contributed by atoms with Crippen LogP contribution < -0.4 is 15.4 Å². The fourth-order valence-corrected chi connectivity index (χ4v) is 5.07. The van der Waals surface area contributed by atoms with Crippen molar-refractivity contribution in [2.45, 2.75) is 39.2 Å². The van der Waals surface area contributed by atoms with Crippen molar-refractivity contribution in [3.05, 3.63) is 47.7 Å². The first-order valence-electron chi connectivity index (χ1n) is 12.1. The van der Waals surface area contributed by atoms with Crippen molar-refractivity contribution in [3.8, 4) is 11.8 Å². The molecule has 2 aliphatic heterocycles. The third-order valence-corrected chi connectivity index (χ3v) is 6.89. The van der Waals surface area contributed by atoms with Crippen LogP contribution in [0.1, 0.15) is 37.4 Å². The standard InChI is InChI=1S/C26H33N5O2/c1-2-3-10-30-11-8-18(15-30)17-33-26-28-23-16-31(12-9-22(23)25(27)29-26)24-14-20(32)13-19-6-4-5-7-21(19)24/h4-7,13-14,18,32H,2-3,8-12,15-17H2,1H3,(H2,27,28,29). The van der Waals surface area contributed by atoms with E-state index in [1.807, 2.05) is 24.3 Å². The molecule has 7 heteroatoms. The van der Waals surface area contributed by atoms with Crippen molar-refractivity contribution >= 4 is 22.3 Å². The molecule has 1 saturated heterocycles. The van der Waals surface area contributed by atoms with Crippen molar-refractivity contribution in [1.82, 2.24) is 14.9 Å². The van der Waals surface area contributed by atoms with Crippen LogP contribution in [-0.2, 0) is 13.0 Å². The molecule has 1 atom stereocenters. The van der Waals surface area contributed by atoms with Gasteiger partial charge in [-0.3, -0.25) is 0 Å². The van der Waals surface area contributed by atoms with Gasteiger partial charge in [0.15, 0.2) is 0 Å². The molecule has 0 spiro atoms. The summed E-state index contributed by atoms with van der Waals surface area (Å²) in [6.07, 6.45) is 4.40. The van der Waals surface area contributed by atoms with Crippen molar-refractivity contribution < 1.29 is 9.84 Å². The maximum atomic E-state index is 10.3. The number of benzene rings is 2. The highest BCUT2D eigenvalue weighted by atomic mass is 16.5. The summed E-state index contributed by atoms with van der Waals surface area (Å²) < 4.78 is 6.03. The average molecular weight is 448 g/mol. The van der Waals surface area contributed by atoms with Gasteiger partial charge in [0.2, 0.25) is 0 Å². The first-order chi connectivity index (χ1) is 16.1. The van der Waals surface area contributed by atoms with Gasteiger partial charge < -0.3 is 25.4 Å². The van der Waals surface area contributed by atoms with Gasteiger partial charge in [0.1, 0.15) is 11.6 Å². The molecule has 1 fully saturated rings. The summed E-state index contributed by atoms with van der Waals surface area (Å²) in [7, 11) is 0. The number of rotatable bonds is 7. The van der Waals surface area contributed by atoms with Crippen LogP contribution in [0, 0.1) is 5.92 Å². The Labute approximate surface area is 195 Å². The monoisotopic (exact) mass is 447 g/mol. The Balaban J connectivity index is 1.31. The Morgan fingerprint density at radius 1 is 1.18 bits per heavy atom. The highest BCUT2D eigenvalue weighted by Gasteiger charge is 2.25. The lowest BCUT2D eigenvalue weighted by Crippen LogP contribution is -2.32. The Kier molecular flexibility index (Phi) is 6.22. The number of fused-ring (bicyclic) bond motifs is 2. The summed E-state index contributed by atoms with van der Waals surface area (Å²) in [5.41, 5.74) is 9.23. The number of nitrogens with zero attached hydrogens (tertiary/aromatic N) is 4. The number of ether oxygens (including phenoxy) is 1. The maximum absolute atomic E-state index is 10.3. The SMILES string of the molecule is CCCCN1CCC(COc2nc(N)c3c(n2)CN(c2cc(O)cc4ccccc24)CC3)C1. The van der Waals surface area contributed by atoms with Crippen LogP contribution in [0.25, 0.3) is 10.8 Å². The van der Waals surface area contributed by atoms with Crippen molar-refractivity contribution in [2.24, 2.45) is 5.92 Å². The third kappa shape index (κ3) is 4.69. The van der Waals surface area contributed by atoms with Gasteiger partial charge in [-0.15, -0.1) is 0 Å². The number of hydrogen-bond acceptors (Lipinski definition) is 7. The lowest BCUT2D eigenvalue weighted by Gasteiger charge is -2.31. The van der Waals surface area contributed by atoms with Gasteiger partial charge >= 0.3 is 6.01 Å². The zero-order valence-electron chi connectivity index (χ0n) is 19.3. The molecule has 0 radical (unpaired) electrons. The highest BCUT2D eigenvalue weighted by Crippen LogP contribution is 2.35. The highest BCUT2D eigenvalue weighted by molar-refractivity contribution is 5.95. The van der Waals surface area contributed by atoms with Crippen LogP contribution >= 0.6 is 0 Å². The summed E-state index contributed by atoms with van der Waals surface area (Å²) in [6.45, 7) is 7.67. The van der Waals surface area contributed by atoms with Gasteiger partial charge in [0, 0.05) is 41.7 Å². The fraction of sp³-hybridized carbons (Fsp3) is 0.462. The second-order valence-electron chi connectivity index (χ2n) is 9.29. The molecule has 0 amide bonds. The number of hydrogen-bond donors (Lipinski definition) is 2. The molecule has 1 aromatic heterocycles. The Bertz CT molecular complexity index is 1140. The maximum Gasteiger partial charge on any atom is 0.318 e. The van der Waals surface area contributed by atoms with E-state index in [1.165, 1.54) is 19.4 Å². The van der Waals surface area contributed by atoms with E-state index in [9.17, 15) is 5.11 Å². The number of likely N-dealkylation sites (tertiary alicyclic amines) is 1. The zero-order chi connectivity index (χ0) is 22.8. The smallest absolute Gasteiger partial charge is 0.318 e. The normalized spacial score (nSPS) is 18.6. The molecule has 174 valence electrons. The van der Waals surface area contributed by atoms with E-state index >= 15 is 0 Å². The number of aromatic hydroxyl groups is 1. The average Bonchev–Trinajstić information content (AvgIpc) is 3.28. The van der Waals surface area contributed by atoms with E-state index in [0.717, 1.165) is 60.2 Å². The van der Waals surface area contributed by atoms with Gasteiger partial charge in [-0.05, 0) is 43.8 Å². The van der Waals surface area contributed by atoms with Crippen LogP contribution in [0.15, 0.2) is 36.4 Å². The van der Waals surface area contributed by atoms with Gasteiger partial charge in [0.25, 0.3) is 0 Å². The summed E-state index contributed by atoms with van der Waals surface area (Å²) >= 11 is 0. The van der Waals surface area contributed by atoms with Gasteiger partial charge in [0.05, 0.1) is 18.8 Å². The largest absolute Gasteiger partial charge is 0.508 e. The number of unbranched alkanes of at least 4 members (excludes halogenated alkanes) is 1. The minimum atomic E-state index is 0.269. The van der Waals surface area contributed by atoms with Crippen LogP contribution in [-0.4, -0.2) is 52.8 Å². The Morgan fingerprint density at radius 3 is 2.94 bits per heavy atom. The summed E-state index contributed by atoms with van der Waals surface area (Å²) in [5.74, 6) is 1.30. The molecule has 0 aliphatic carbocycles. The van der Waals surface area contributed by atoms with Crippen LogP contribution in [0.2, 0.25) is 0 Å². The van der Waals surface area contributed by atoms with Crippen LogP contribution in [0.4, 0.5) is 11.5 Å². The van der Waals surface area contributed by atoms with Gasteiger partial charge in [-0.25, -0.2) is 0 Å². The zero-order valence-corrected chi connectivity index (χ0v) is 19.3. The van der Waals surface area contributed by atoms with Crippen molar-refractivity contribution in [2.75, 3.05) is 43.4 Å². The first-order valence-corrected chi connectivity index (χ1v) is 12.1. The molecular formula is C26H33N5O2. The van der Waals surface area contributed by atoms with Crippen LogP contribution in [0.5, 0.6) is 11.8 Å². The number of phenols is 1. The Hall–Kier alpha value is -3.06. The first kappa shape index (κ1) is 21.8. The van der Waals surface area contributed by atoms with E-state index in [1.54, 1.807) is 6.07 Å². The Morgan fingerprint density at radius 2 is 2.06 bits per heavy atom. The van der Waals surface area contributed by atoms with Gasteiger partial charge in [-0.1, -0.05) is 37.6 Å². The number of nitrogen functional groups attached to an aromatic ring is 1. The minimum absolute atomic E-state index is 0.269. The predicted molar refractivity (Wildman–Crippen MR) is 132 cm³/mol. The molecule has 2 aromatic carbocycles. The molecule has 2 aliphatic rings. The van der Waals surface area contributed by atoms with E-state index in [2.05, 4.69) is 27.8 Å².